The fourth-order valence-corrected chi connectivity index (χ4v) is 2.37. The number of carboxylic acid groups (broad SMARTS) is 1. The lowest BCUT2D eigenvalue weighted by molar-refractivity contribution is -0.138. The van der Waals surface area contributed by atoms with Gasteiger partial charge in [-0.15, -0.1) is 0 Å². The van der Waals surface area contributed by atoms with Crippen molar-refractivity contribution in [2.45, 2.75) is 45.1 Å². The van der Waals surface area contributed by atoms with Crippen molar-refractivity contribution in [3.63, 3.8) is 0 Å². The zero-order valence-electron chi connectivity index (χ0n) is 18.7. The van der Waals surface area contributed by atoms with Crippen molar-refractivity contribution in [2.24, 2.45) is 17.2 Å². The Morgan fingerprint density at radius 3 is 2.12 bits per heavy atom. The van der Waals surface area contributed by atoms with Crippen molar-refractivity contribution in [1.29, 1.82) is 0 Å². The fraction of sp³-hybridized carbons (Fsp3) is 0.375. The van der Waals surface area contributed by atoms with Gasteiger partial charge in [-0.3, -0.25) is 14.4 Å². The van der Waals surface area contributed by atoms with Crippen molar-refractivity contribution in [2.75, 3.05) is 18.4 Å². The van der Waals surface area contributed by atoms with Gasteiger partial charge in [-0.05, 0) is 68.6 Å². The first kappa shape index (κ1) is 28.9. The molecule has 0 heterocycles. The minimum absolute atomic E-state index is 0.00588. The van der Waals surface area contributed by atoms with Crippen LogP contribution in [0.15, 0.2) is 54.6 Å². The van der Waals surface area contributed by atoms with Crippen LogP contribution in [0, 0.1) is 0 Å². The Hall–Kier alpha value is -3.07. The third-order valence-corrected chi connectivity index (χ3v) is 4.12. The number of rotatable bonds is 10. The standard InChI is InChI=1S/C11H13NO2.C8H11N.C5H12N2O2/c1-2-3-11(14)12-10-6-4-9(8-13)5-7-10;9-7-6-8-4-2-1-3-5-8;6-3-1-2-4(7)5(8)9/h4-8H,2-3H2,1H3,(H,12,14);1-5H,6-7,9H2;4H,1-3,6-7H2,(H,8,9)/t;;4-/m..0/s1. The summed E-state index contributed by atoms with van der Waals surface area (Å²) < 4.78 is 0. The van der Waals surface area contributed by atoms with Crippen LogP contribution in [0.4, 0.5) is 5.69 Å². The lowest BCUT2D eigenvalue weighted by Gasteiger charge is -2.03. The van der Waals surface area contributed by atoms with E-state index in [2.05, 4.69) is 17.4 Å². The number of aldehydes is 1. The third-order valence-electron chi connectivity index (χ3n) is 4.12. The molecule has 8 N–H and O–H groups in total. The lowest BCUT2D eigenvalue weighted by Crippen LogP contribution is -2.30. The Labute approximate surface area is 190 Å². The highest BCUT2D eigenvalue weighted by Crippen LogP contribution is 2.08. The molecule has 0 unspecified atom stereocenters. The van der Waals surface area contributed by atoms with Gasteiger partial charge in [0.2, 0.25) is 5.91 Å². The van der Waals surface area contributed by atoms with Gasteiger partial charge in [0, 0.05) is 17.7 Å². The highest BCUT2D eigenvalue weighted by Gasteiger charge is 2.08. The number of amides is 1. The molecule has 0 fully saturated rings. The summed E-state index contributed by atoms with van der Waals surface area (Å²) in [5, 5.41) is 11.0. The van der Waals surface area contributed by atoms with Gasteiger partial charge in [-0.1, -0.05) is 37.3 Å². The van der Waals surface area contributed by atoms with E-state index < -0.39 is 12.0 Å². The Morgan fingerprint density at radius 1 is 1.03 bits per heavy atom. The third kappa shape index (κ3) is 14.8. The molecule has 0 aromatic heterocycles. The second-order valence-corrected chi connectivity index (χ2v) is 6.94. The van der Waals surface area contributed by atoms with Gasteiger partial charge in [-0.2, -0.15) is 0 Å². The molecule has 2 rings (SSSR count). The number of carboxylic acids is 1. The van der Waals surface area contributed by atoms with Gasteiger partial charge in [0.25, 0.3) is 0 Å². The highest BCUT2D eigenvalue weighted by atomic mass is 16.4. The van der Waals surface area contributed by atoms with Crippen LogP contribution in [0.25, 0.3) is 0 Å². The molecule has 0 saturated heterocycles. The molecular formula is C24H36N4O4. The molecule has 32 heavy (non-hydrogen) atoms. The van der Waals surface area contributed by atoms with E-state index in [0.717, 1.165) is 31.4 Å². The maximum atomic E-state index is 11.2. The SMILES string of the molecule is CCCC(=O)Nc1ccc(C=O)cc1.NCCC[C@H](N)C(=O)O.NCCc1ccccc1. The number of carbonyl (C=O) groups is 3. The zero-order valence-corrected chi connectivity index (χ0v) is 18.7. The van der Waals surface area contributed by atoms with E-state index in [1.807, 2.05) is 25.1 Å². The van der Waals surface area contributed by atoms with Crippen molar-refractivity contribution < 1.29 is 19.5 Å². The maximum absolute atomic E-state index is 11.2. The summed E-state index contributed by atoms with van der Waals surface area (Å²) >= 11 is 0. The van der Waals surface area contributed by atoms with Crippen LogP contribution in [-0.4, -0.2) is 42.4 Å². The zero-order chi connectivity index (χ0) is 24.2. The Balaban J connectivity index is 0.000000470. The van der Waals surface area contributed by atoms with Crippen LogP contribution < -0.4 is 22.5 Å². The number of hydrogen-bond acceptors (Lipinski definition) is 6. The first-order valence-corrected chi connectivity index (χ1v) is 10.6. The quantitative estimate of drug-likeness (QED) is 0.352. The summed E-state index contributed by atoms with van der Waals surface area (Å²) in [5.74, 6) is -0.949. The van der Waals surface area contributed by atoms with Crippen LogP contribution in [0.2, 0.25) is 0 Å². The molecule has 1 atom stereocenters. The van der Waals surface area contributed by atoms with Crippen LogP contribution in [0.1, 0.15) is 48.5 Å². The molecule has 2 aromatic rings. The van der Waals surface area contributed by atoms with E-state index in [1.165, 1.54) is 5.56 Å². The molecule has 0 saturated carbocycles. The molecule has 1 amide bonds. The summed E-state index contributed by atoms with van der Waals surface area (Å²) in [6.45, 7) is 3.19. The van der Waals surface area contributed by atoms with Gasteiger partial charge in [0.1, 0.15) is 12.3 Å². The Bertz CT molecular complexity index is 767. The normalized spacial score (nSPS) is 10.5. The smallest absolute Gasteiger partial charge is 0.320 e. The molecule has 8 nitrogen and oxygen atoms in total. The molecule has 0 aliphatic carbocycles. The van der Waals surface area contributed by atoms with E-state index in [9.17, 15) is 14.4 Å². The van der Waals surface area contributed by atoms with Crippen molar-refractivity contribution in [3.8, 4) is 0 Å². The Morgan fingerprint density at radius 2 is 1.66 bits per heavy atom. The van der Waals surface area contributed by atoms with E-state index in [4.69, 9.17) is 22.3 Å². The predicted molar refractivity (Wildman–Crippen MR) is 128 cm³/mol. The van der Waals surface area contributed by atoms with E-state index >= 15 is 0 Å². The molecule has 8 heteroatoms. The van der Waals surface area contributed by atoms with Crippen LogP contribution in [0.5, 0.6) is 0 Å². The van der Waals surface area contributed by atoms with Gasteiger partial charge in [-0.25, -0.2) is 0 Å². The van der Waals surface area contributed by atoms with E-state index in [0.29, 0.717) is 31.4 Å². The number of anilines is 1. The van der Waals surface area contributed by atoms with E-state index in [1.54, 1.807) is 24.3 Å². The topological polar surface area (TPSA) is 162 Å². The van der Waals surface area contributed by atoms with Crippen LogP contribution in [-0.2, 0) is 16.0 Å². The first-order valence-electron chi connectivity index (χ1n) is 10.6. The van der Waals surface area contributed by atoms with Gasteiger partial charge in [0.15, 0.2) is 0 Å². The molecule has 0 radical (unpaired) electrons. The summed E-state index contributed by atoms with van der Waals surface area (Å²) in [6, 6.07) is 16.3. The molecule has 0 aliphatic heterocycles. The molecule has 0 bridgehead atoms. The van der Waals surface area contributed by atoms with Gasteiger partial charge < -0.3 is 27.6 Å². The number of aliphatic carboxylic acids is 1. The minimum atomic E-state index is -0.955. The van der Waals surface area contributed by atoms with Crippen molar-refractivity contribution >= 4 is 23.9 Å². The number of hydrogen-bond donors (Lipinski definition) is 5. The maximum Gasteiger partial charge on any atom is 0.320 e. The molecule has 2 aromatic carbocycles. The largest absolute Gasteiger partial charge is 0.480 e. The summed E-state index contributed by atoms with van der Waals surface area (Å²) in [7, 11) is 0. The van der Waals surface area contributed by atoms with Crippen LogP contribution >= 0.6 is 0 Å². The molecular weight excluding hydrogens is 408 g/mol. The van der Waals surface area contributed by atoms with Gasteiger partial charge >= 0.3 is 5.97 Å². The average molecular weight is 445 g/mol. The number of carbonyl (C=O) groups excluding carboxylic acids is 2. The number of nitrogens with two attached hydrogens (primary N) is 3. The van der Waals surface area contributed by atoms with Crippen LogP contribution in [0.3, 0.4) is 0 Å². The molecule has 176 valence electrons. The number of benzene rings is 2. The van der Waals surface area contributed by atoms with Crippen molar-refractivity contribution in [1.82, 2.24) is 0 Å². The molecule has 0 aliphatic rings. The predicted octanol–water partition coefficient (Wildman–Crippen LogP) is 2.56. The molecule has 0 spiro atoms. The monoisotopic (exact) mass is 444 g/mol. The second-order valence-electron chi connectivity index (χ2n) is 6.94. The first-order chi connectivity index (χ1) is 15.4. The second kappa shape index (κ2) is 18.7. The lowest BCUT2D eigenvalue weighted by atomic mass is 10.2. The number of nitrogens with one attached hydrogen (secondary N) is 1. The summed E-state index contributed by atoms with van der Waals surface area (Å²) in [4.78, 5) is 31.6. The average Bonchev–Trinajstić information content (AvgIpc) is 2.80. The highest BCUT2D eigenvalue weighted by molar-refractivity contribution is 5.91. The summed E-state index contributed by atoms with van der Waals surface area (Å²) in [5.41, 5.74) is 18.3. The summed E-state index contributed by atoms with van der Waals surface area (Å²) in [6.07, 6.45) is 4.26. The van der Waals surface area contributed by atoms with E-state index in [-0.39, 0.29) is 5.91 Å². The Kier molecular flexibility index (Phi) is 16.9. The van der Waals surface area contributed by atoms with Gasteiger partial charge in [0.05, 0.1) is 0 Å². The minimum Gasteiger partial charge on any atom is -0.480 e. The van der Waals surface area contributed by atoms with Crippen molar-refractivity contribution in [3.05, 3.63) is 65.7 Å². The fourth-order valence-electron chi connectivity index (χ4n) is 2.37.